The summed E-state index contributed by atoms with van der Waals surface area (Å²) in [5.74, 6) is -0.106. The Morgan fingerprint density at radius 2 is 2.05 bits per heavy atom. The van der Waals surface area contributed by atoms with Gasteiger partial charge >= 0.3 is 0 Å². The Hall–Kier alpha value is -1.88. The standard InChI is InChI=1S/C15H21N3O2/c1-20-17-10-12-2-4-13(5-3-12)11-18-8-6-14(7-9-18)15(16)19/h2-5,10,14H,6-9,11H2,1H3,(H2,16,19)/b17-10+. The van der Waals surface area contributed by atoms with Crippen molar-refractivity contribution in [1.82, 2.24) is 4.90 Å². The number of primary amides is 1. The molecule has 1 aliphatic rings. The molecule has 1 aromatic carbocycles. The van der Waals surface area contributed by atoms with Crippen LogP contribution in [0.15, 0.2) is 29.4 Å². The van der Waals surface area contributed by atoms with Gasteiger partial charge in [-0.05, 0) is 37.1 Å². The Labute approximate surface area is 119 Å². The fraction of sp³-hybridized carbons (Fsp3) is 0.467. The Kier molecular flexibility index (Phi) is 5.12. The molecule has 108 valence electrons. The molecule has 20 heavy (non-hydrogen) atoms. The van der Waals surface area contributed by atoms with Crippen LogP contribution in [0, 0.1) is 5.92 Å². The van der Waals surface area contributed by atoms with E-state index in [4.69, 9.17) is 5.73 Å². The maximum atomic E-state index is 11.1. The van der Waals surface area contributed by atoms with Crippen LogP contribution in [0.3, 0.4) is 0 Å². The van der Waals surface area contributed by atoms with Crippen molar-refractivity contribution < 1.29 is 9.63 Å². The molecular formula is C15H21N3O2. The number of carbonyl (C=O) groups excluding carboxylic acids is 1. The maximum absolute atomic E-state index is 11.1. The summed E-state index contributed by atoms with van der Waals surface area (Å²) in [6.07, 6.45) is 3.42. The minimum atomic E-state index is -0.161. The van der Waals surface area contributed by atoms with Gasteiger partial charge in [0.2, 0.25) is 5.91 Å². The SMILES string of the molecule is CO/N=C/c1ccc(CN2CCC(C(N)=O)CC2)cc1. The molecule has 2 rings (SSSR count). The first-order valence-corrected chi connectivity index (χ1v) is 6.86. The minimum absolute atomic E-state index is 0.0545. The number of carbonyl (C=O) groups is 1. The third-order valence-electron chi connectivity index (χ3n) is 3.68. The number of hydrogen-bond donors (Lipinski definition) is 1. The van der Waals surface area contributed by atoms with Crippen LogP contribution in [-0.2, 0) is 16.2 Å². The Bertz CT molecular complexity index is 463. The van der Waals surface area contributed by atoms with Crippen molar-refractivity contribution in [2.75, 3.05) is 20.2 Å². The average Bonchev–Trinajstić information content (AvgIpc) is 2.47. The zero-order chi connectivity index (χ0) is 14.4. The molecule has 1 aromatic rings. The number of hydrogen-bond acceptors (Lipinski definition) is 4. The maximum Gasteiger partial charge on any atom is 0.220 e. The van der Waals surface area contributed by atoms with Gasteiger partial charge in [-0.1, -0.05) is 29.4 Å². The molecule has 1 amide bonds. The van der Waals surface area contributed by atoms with E-state index in [1.807, 2.05) is 12.1 Å². The number of piperidine rings is 1. The lowest BCUT2D eigenvalue weighted by Gasteiger charge is -2.30. The minimum Gasteiger partial charge on any atom is -0.399 e. The van der Waals surface area contributed by atoms with Gasteiger partial charge in [0, 0.05) is 12.5 Å². The first kappa shape index (κ1) is 14.5. The lowest BCUT2D eigenvalue weighted by Crippen LogP contribution is -2.38. The zero-order valence-electron chi connectivity index (χ0n) is 11.8. The van der Waals surface area contributed by atoms with Gasteiger partial charge in [-0.25, -0.2) is 0 Å². The second-order valence-electron chi connectivity index (χ2n) is 5.11. The van der Waals surface area contributed by atoms with Gasteiger partial charge in [0.05, 0.1) is 6.21 Å². The lowest BCUT2D eigenvalue weighted by molar-refractivity contribution is -0.123. The summed E-state index contributed by atoms with van der Waals surface area (Å²) in [4.78, 5) is 18.1. The van der Waals surface area contributed by atoms with Crippen LogP contribution in [0.2, 0.25) is 0 Å². The number of likely N-dealkylation sites (tertiary alicyclic amines) is 1. The van der Waals surface area contributed by atoms with Gasteiger partial charge in [0.1, 0.15) is 7.11 Å². The van der Waals surface area contributed by atoms with E-state index >= 15 is 0 Å². The fourth-order valence-electron chi connectivity index (χ4n) is 2.46. The molecule has 0 saturated carbocycles. The van der Waals surface area contributed by atoms with E-state index in [2.05, 4.69) is 27.0 Å². The highest BCUT2D eigenvalue weighted by Gasteiger charge is 2.22. The molecule has 5 nitrogen and oxygen atoms in total. The highest BCUT2D eigenvalue weighted by atomic mass is 16.6. The molecule has 0 atom stereocenters. The predicted octanol–water partition coefficient (Wildman–Crippen LogP) is 1.36. The van der Waals surface area contributed by atoms with Crippen LogP contribution in [0.4, 0.5) is 0 Å². The highest BCUT2D eigenvalue weighted by molar-refractivity contribution is 5.79. The summed E-state index contributed by atoms with van der Waals surface area (Å²) in [6.45, 7) is 2.77. The number of benzene rings is 1. The van der Waals surface area contributed by atoms with Crippen molar-refractivity contribution in [3.8, 4) is 0 Å². The fourth-order valence-corrected chi connectivity index (χ4v) is 2.46. The highest BCUT2D eigenvalue weighted by Crippen LogP contribution is 2.18. The summed E-state index contributed by atoms with van der Waals surface area (Å²) in [6, 6.07) is 8.23. The molecule has 0 bridgehead atoms. The van der Waals surface area contributed by atoms with Crippen LogP contribution >= 0.6 is 0 Å². The molecule has 2 N–H and O–H groups in total. The number of nitrogens with two attached hydrogens (primary N) is 1. The summed E-state index contributed by atoms with van der Waals surface area (Å²) < 4.78 is 0. The van der Waals surface area contributed by atoms with Crippen molar-refractivity contribution in [1.29, 1.82) is 0 Å². The van der Waals surface area contributed by atoms with E-state index in [1.165, 1.54) is 12.7 Å². The first-order chi connectivity index (χ1) is 9.69. The molecule has 0 unspecified atom stereocenters. The lowest BCUT2D eigenvalue weighted by atomic mass is 9.96. The Balaban J connectivity index is 1.85. The van der Waals surface area contributed by atoms with Crippen LogP contribution < -0.4 is 5.73 Å². The summed E-state index contributed by atoms with van der Waals surface area (Å²) in [5.41, 5.74) is 7.62. The van der Waals surface area contributed by atoms with E-state index in [0.717, 1.165) is 38.0 Å². The van der Waals surface area contributed by atoms with Gasteiger partial charge < -0.3 is 10.6 Å². The van der Waals surface area contributed by atoms with Crippen LogP contribution in [0.5, 0.6) is 0 Å². The Morgan fingerprint density at radius 1 is 1.40 bits per heavy atom. The van der Waals surface area contributed by atoms with Crippen molar-refractivity contribution in [3.63, 3.8) is 0 Å². The van der Waals surface area contributed by atoms with Gasteiger partial charge in [0.25, 0.3) is 0 Å². The molecule has 0 aliphatic carbocycles. The second kappa shape index (κ2) is 7.05. The van der Waals surface area contributed by atoms with Crippen LogP contribution in [0.1, 0.15) is 24.0 Å². The van der Waals surface area contributed by atoms with Crippen LogP contribution in [0.25, 0.3) is 0 Å². The molecule has 1 saturated heterocycles. The molecular weight excluding hydrogens is 254 g/mol. The van der Waals surface area contributed by atoms with E-state index in [1.54, 1.807) is 6.21 Å². The number of amides is 1. The third kappa shape index (κ3) is 4.06. The largest absolute Gasteiger partial charge is 0.399 e. The first-order valence-electron chi connectivity index (χ1n) is 6.86. The van der Waals surface area contributed by atoms with Crippen molar-refractivity contribution >= 4 is 12.1 Å². The quantitative estimate of drug-likeness (QED) is 0.652. The third-order valence-corrected chi connectivity index (χ3v) is 3.68. The molecule has 0 aromatic heterocycles. The predicted molar refractivity (Wildman–Crippen MR) is 78.2 cm³/mol. The Morgan fingerprint density at radius 3 is 2.60 bits per heavy atom. The number of oxime groups is 1. The second-order valence-corrected chi connectivity index (χ2v) is 5.11. The summed E-state index contributed by atoms with van der Waals surface area (Å²) >= 11 is 0. The van der Waals surface area contributed by atoms with Crippen LogP contribution in [-0.4, -0.2) is 37.2 Å². The molecule has 0 spiro atoms. The molecule has 1 fully saturated rings. The average molecular weight is 275 g/mol. The summed E-state index contributed by atoms with van der Waals surface area (Å²) in [7, 11) is 1.53. The van der Waals surface area contributed by atoms with E-state index in [0.29, 0.717) is 0 Å². The molecule has 1 heterocycles. The van der Waals surface area contributed by atoms with Crippen molar-refractivity contribution in [3.05, 3.63) is 35.4 Å². The summed E-state index contributed by atoms with van der Waals surface area (Å²) in [5, 5.41) is 3.73. The van der Waals surface area contributed by atoms with Gasteiger partial charge in [-0.2, -0.15) is 0 Å². The smallest absolute Gasteiger partial charge is 0.220 e. The van der Waals surface area contributed by atoms with E-state index in [-0.39, 0.29) is 11.8 Å². The van der Waals surface area contributed by atoms with Crippen molar-refractivity contribution in [2.45, 2.75) is 19.4 Å². The molecule has 5 heteroatoms. The van der Waals surface area contributed by atoms with E-state index in [9.17, 15) is 4.79 Å². The molecule has 1 aliphatic heterocycles. The van der Waals surface area contributed by atoms with E-state index < -0.39 is 0 Å². The normalized spacial score (nSPS) is 17.4. The monoisotopic (exact) mass is 275 g/mol. The zero-order valence-corrected chi connectivity index (χ0v) is 11.8. The van der Waals surface area contributed by atoms with Gasteiger partial charge in [-0.15, -0.1) is 0 Å². The van der Waals surface area contributed by atoms with Gasteiger partial charge in [0.15, 0.2) is 0 Å². The topological polar surface area (TPSA) is 67.9 Å². The number of rotatable bonds is 5. The number of nitrogens with zero attached hydrogens (tertiary/aromatic N) is 2. The molecule has 0 radical (unpaired) electrons. The van der Waals surface area contributed by atoms with Gasteiger partial charge in [-0.3, -0.25) is 9.69 Å². The van der Waals surface area contributed by atoms with Crippen molar-refractivity contribution in [2.24, 2.45) is 16.8 Å².